The van der Waals surface area contributed by atoms with E-state index < -0.39 is 0 Å². The van der Waals surface area contributed by atoms with E-state index in [1.165, 1.54) is 12.0 Å². The largest absolute Gasteiger partial charge is 0.469 e. The molecule has 1 amide bonds. The van der Waals surface area contributed by atoms with Crippen LogP contribution in [-0.4, -0.2) is 19.0 Å². The van der Waals surface area contributed by atoms with Gasteiger partial charge in [0.1, 0.15) is 0 Å². The van der Waals surface area contributed by atoms with Crippen LogP contribution in [0, 0.1) is 6.92 Å². The summed E-state index contributed by atoms with van der Waals surface area (Å²) in [4.78, 5) is 24.5. The van der Waals surface area contributed by atoms with Gasteiger partial charge in [0, 0.05) is 16.2 Å². The van der Waals surface area contributed by atoms with Gasteiger partial charge in [-0.15, -0.1) is 11.3 Å². The average Bonchev–Trinajstić information content (AvgIpc) is 2.69. The number of aryl methyl sites for hydroxylation is 1. The van der Waals surface area contributed by atoms with Crippen LogP contribution in [0.1, 0.15) is 22.6 Å². The van der Waals surface area contributed by atoms with Crippen molar-refractivity contribution >= 4 is 23.2 Å². The third-order valence-electron chi connectivity index (χ3n) is 2.04. The predicted octanol–water partition coefficient (Wildman–Crippen LogP) is 1.63. The van der Waals surface area contributed by atoms with Crippen molar-refractivity contribution in [1.82, 2.24) is 5.32 Å². The van der Waals surface area contributed by atoms with Crippen molar-refractivity contribution in [3.63, 3.8) is 0 Å². The first-order chi connectivity index (χ1) is 7.61. The lowest BCUT2D eigenvalue weighted by Gasteiger charge is -2.02. The zero-order valence-corrected chi connectivity index (χ0v) is 10.2. The Kier molecular flexibility index (Phi) is 4.98. The second-order valence-electron chi connectivity index (χ2n) is 3.37. The molecule has 0 radical (unpaired) electrons. The first-order valence-electron chi connectivity index (χ1n) is 5.00. The molecular formula is C11H15NO3S. The number of rotatable bonds is 5. The molecule has 0 aromatic carbocycles. The number of amides is 1. The smallest absolute Gasteiger partial charge is 0.306 e. The molecule has 0 atom stereocenters. The summed E-state index contributed by atoms with van der Waals surface area (Å²) in [6.45, 7) is 2.55. The van der Waals surface area contributed by atoms with Crippen LogP contribution < -0.4 is 5.32 Å². The van der Waals surface area contributed by atoms with E-state index in [0.29, 0.717) is 6.54 Å². The van der Waals surface area contributed by atoms with E-state index in [1.54, 1.807) is 11.3 Å². The third-order valence-corrected chi connectivity index (χ3v) is 3.04. The van der Waals surface area contributed by atoms with Gasteiger partial charge >= 0.3 is 5.97 Å². The molecule has 4 nitrogen and oxygen atoms in total. The minimum absolute atomic E-state index is 0.128. The maximum absolute atomic E-state index is 11.3. The van der Waals surface area contributed by atoms with Crippen LogP contribution in [0.3, 0.4) is 0 Å². The second-order valence-corrected chi connectivity index (χ2v) is 4.74. The Balaban J connectivity index is 2.22. The molecule has 1 aromatic rings. The van der Waals surface area contributed by atoms with E-state index in [0.717, 1.165) is 4.88 Å². The molecule has 0 fully saturated rings. The molecule has 0 bridgehead atoms. The standard InChI is InChI=1S/C11H15NO3S/c1-8-3-4-9(16-8)7-12-10(13)5-6-11(14)15-2/h3-4H,5-7H2,1-2H3,(H,12,13). The van der Waals surface area contributed by atoms with Gasteiger partial charge in [-0.2, -0.15) is 0 Å². The van der Waals surface area contributed by atoms with Crippen LogP contribution in [0.15, 0.2) is 12.1 Å². The molecule has 0 aliphatic heterocycles. The Morgan fingerprint density at radius 1 is 1.38 bits per heavy atom. The molecule has 1 aromatic heterocycles. The third kappa shape index (κ3) is 4.44. The maximum Gasteiger partial charge on any atom is 0.306 e. The molecule has 0 spiro atoms. The first kappa shape index (κ1) is 12.7. The fourth-order valence-corrected chi connectivity index (χ4v) is 2.00. The van der Waals surface area contributed by atoms with Gasteiger partial charge in [-0.1, -0.05) is 0 Å². The van der Waals surface area contributed by atoms with Crippen molar-refractivity contribution in [3.05, 3.63) is 21.9 Å². The molecule has 1 heterocycles. The van der Waals surface area contributed by atoms with Crippen molar-refractivity contribution in [2.24, 2.45) is 0 Å². The van der Waals surface area contributed by atoms with Crippen LogP contribution in [0.5, 0.6) is 0 Å². The Hall–Kier alpha value is -1.36. The normalized spacial score (nSPS) is 9.88. The quantitative estimate of drug-likeness (QED) is 0.797. The number of ether oxygens (including phenoxy) is 1. The zero-order valence-electron chi connectivity index (χ0n) is 9.41. The Morgan fingerprint density at radius 2 is 2.12 bits per heavy atom. The molecule has 0 saturated carbocycles. The zero-order chi connectivity index (χ0) is 12.0. The number of carbonyl (C=O) groups excluding carboxylic acids is 2. The van der Waals surface area contributed by atoms with Gasteiger partial charge in [0.25, 0.3) is 0 Å². The highest BCUT2D eigenvalue weighted by atomic mass is 32.1. The molecule has 88 valence electrons. The molecule has 16 heavy (non-hydrogen) atoms. The van der Waals surface area contributed by atoms with Gasteiger partial charge in [-0.05, 0) is 19.1 Å². The van der Waals surface area contributed by atoms with Gasteiger partial charge in [0.15, 0.2) is 0 Å². The van der Waals surface area contributed by atoms with Gasteiger partial charge in [-0.3, -0.25) is 9.59 Å². The fourth-order valence-electron chi connectivity index (χ4n) is 1.17. The maximum atomic E-state index is 11.3. The highest BCUT2D eigenvalue weighted by molar-refractivity contribution is 7.11. The van der Waals surface area contributed by atoms with Crippen molar-refractivity contribution in [2.45, 2.75) is 26.3 Å². The Bertz CT molecular complexity index is 373. The monoisotopic (exact) mass is 241 g/mol. The number of hydrogen-bond acceptors (Lipinski definition) is 4. The molecule has 1 rings (SSSR count). The van der Waals surface area contributed by atoms with Gasteiger partial charge < -0.3 is 10.1 Å². The average molecular weight is 241 g/mol. The van der Waals surface area contributed by atoms with Gasteiger partial charge in [0.2, 0.25) is 5.91 Å². The van der Waals surface area contributed by atoms with Crippen molar-refractivity contribution in [2.75, 3.05) is 7.11 Å². The molecule has 0 aliphatic rings. The topological polar surface area (TPSA) is 55.4 Å². The van der Waals surface area contributed by atoms with E-state index in [4.69, 9.17) is 0 Å². The lowest BCUT2D eigenvalue weighted by molar-refractivity contribution is -0.142. The highest BCUT2D eigenvalue weighted by Crippen LogP contribution is 2.14. The summed E-state index contributed by atoms with van der Waals surface area (Å²) in [7, 11) is 1.31. The highest BCUT2D eigenvalue weighted by Gasteiger charge is 2.06. The lowest BCUT2D eigenvalue weighted by atomic mass is 10.3. The van der Waals surface area contributed by atoms with Crippen molar-refractivity contribution < 1.29 is 14.3 Å². The summed E-state index contributed by atoms with van der Waals surface area (Å²) in [5.41, 5.74) is 0. The van der Waals surface area contributed by atoms with Crippen LogP contribution in [-0.2, 0) is 20.9 Å². The number of carbonyl (C=O) groups is 2. The van der Waals surface area contributed by atoms with E-state index >= 15 is 0 Å². The number of esters is 1. The molecule has 1 N–H and O–H groups in total. The Morgan fingerprint density at radius 3 is 2.69 bits per heavy atom. The summed E-state index contributed by atoms with van der Waals surface area (Å²) in [6.07, 6.45) is 0.308. The van der Waals surface area contributed by atoms with E-state index in [9.17, 15) is 9.59 Å². The molecule has 0 saturated heterocycles. The summed E-state index contributed by atoms with van der Waals surface area (Å²) < 4.78 is 4.45. The van der Waals surface area contributed by atoms with Crippen LogP contribution in [0.4, 0.5) is 0 Å². The van der Waals surface area contributed by atoms with Crippen molar-refractivity contribution in [3.8, 4) is 0 Å². The SMILES string of the molecule is COC(=O)CCC(=O)NCc1ccc(C)s1. The van der Waals surface area contributed by atoms with E-state index in [-0.39, 0.29) is 24.7 Å². The predicted molar refractivity (Wildman–Crippen MR) is 62.2 cm³/mol. The van der Waals surface area contributed by atoms with Gasteiger partial charge in [0.05, 0.1) is 20.1 Å². The molecule has 0 unspecified atom stereocenters. The van der Waals surface area contributed by atoms with E-state index in [1.807, 2.05) is 19.1 Å². The summed E-state index contributed by atoms with van der Waals surface area (Å²) in [6, 6.07) is 4.00. The summed E-state index contributed by atoms with van der Waals surface area (Å²) in [5.74, 6) is -0.487. The minimum atomic E-state index is -0.359. The van der Waals surface area contributed by atoms with Crippen LogP contribution in [0.2, 0.25) is 0 Å². The summed E-state index contributed by atoms with van der Waals surface area (Å²) >= 11 is 1.65. The number of nitrogens with one attached hydrogen (secondary N) is 1. The Labute approximate surface area is 98.6 Å². The van der Waals surface area contributed by atoms with Crippen molar-refractivity contribution in [1.29, 1.82) is 0 Å². The minimum Gasteiger partial charge on any atom is -0.469 e. The molecule has 0 aliphatic carbocycles. The van der Waals surface area contributed by atoms with Gasteiger partial charge in [-0.25, -0.2) is 0 Å². The lowest BCUT2D eigenvalue weighted by Crippen LogP contribution is -2.22. The first-order valence-corrected chi connectivity index (χ1v) is 5.82. The summed E-state index contributed by atoms with van der Waals surface area (Å²) in [5, 5.41) is 2.76. The number of hydrogen-bond donors (Lipinski definition) is 1. The van der Waals surface area contributed by atoms with Crippen LogP contribution in [0.25, 0.3) is 0 Å². The molecule has 5 heteroatoms. The number of thiophene rings is 1. The second kappa shape index (κ2) is 6.27. The number of methoxy groups -OCH3 is 1. The van der Waals surface area contributed by atoms with E-state index in [2.05, 4.69) is 10.1 Å². The molecular weight excluding hydrogens is 226 g/mol. The fraction of sp³-hybridized carbons (Fsp3) is 0.455. The van der Waals surface area contributed by atoms with Crippen LogP contribution >= 0.6 is 11.3 Å².